The van der Waals surface area contributed by atoms with E-state index in [4.69, 9.17) is 10.2 Å². The van der Waals surface area contributed by atoms with Crippen molar-refractivity contribution in [2.24, 2.45) is 0 Å². The van der Waals surface area contributed by atoms with Gasteiger partial charge < -0.3 is 10.2 Å². The first-order chi connectivity index (χ1) is 1.91. The van der Waals surface area contributed by atoms with Gasteiger partial charge in [-0.25, -0.2) is 0 Å². The van der Waals surface area contributed by atoms with Gasteiger partial charge in [-0.05, 0) is 0 Å². The number of hydrogen-bond donors (Lipinski definition) is 2. The van der Waals surface area contributed by atoms with Crippen LogP contribution in [-0.4, -0.2) is 61.1 Å². The standard InChI is InChI=1S/C2H6O2.2Li/c3-1-2-4;;/h3-4H,1-2H2;;. The van der Waals surface area contributed by atoms with Gasteiger partial charge in [0.2, 0.25) is 0 Å². The van der Waals surface area contributed by atoms with Crippen LogP contribution in [0.1, 0.15) is 0 Å². The predicted octanol–water partition coefficient (Wildman–Crippen LogP) is -1.79. The second-order valence-electron chi connectivity index (χ2n) is 0.447. The monoisotopic (exact) mass is 76.1 g/mol. The van der Waals surface area contributed by atoms with Gasteiger partial charge in [0, 0.05) is 37.7 Å². The molecule has 2 N–H and O–H groups in total. The normalized spacial score (nSPS) is 5.00. The second kappa shape index (κ2) is 16.5. The molecule has 0 atom stereocenters. The summed E-state index contributed by atoms with van der Waals surface area (Å²) >= 11 is 0. The zero-order valence-corrected chi connectivity index (χ0v) is 4.31. The smallest absolute Gasteiger partial charge is 0.0662 e. The second-order valence-corrected chi connectivity index (χ2v) is 0.447. The third-order valence-electron chi connectivity index (χ3n) is 0.1000. The molecule has 0 amide bonds. The number of rotatable bonds is 1. The topological polar surface area (TPSA) is 40.5 Å². The Hall–Kier alpha value is 1.11. The molecule has 6 heavy (non-hydrogen) atoms. The number of aliphatic hydroxyl groups is 2. The zero-order valence-electron chi connectivity index (χ0n) is 4.31. The molecule has 0 aliphatic heterocycles. The van der Waals surface area contributed by atoms with Crippen molar-refractivity contribution in [3.63, 3.8) is 0 Å². The molecular formula is C2H6Li2O2. The van der Waals surface area contributed by atoms with Gasteiger partial charge >= 0.3 is 0 Å². The molecule has 0 saturated carbocycles. The van der Waals surface area contributed by atoms with Crippen LogP contribution in [0.2, 0.25) is 0 Å². The molecule has 0 aromatic rings. The average molecular weight is 76.0 g/mol. The summed E-state index contributed by atoms with van der Waals surface area (Å²) in [7, 11) is 0. The summed E-state index contributed by atoms with van der Waals surface area (Å²) in [4.78, 5) is 0. The van der Waals surface area contributed by atoms with Crippen LogP contribution in [0, 0.1) is 0 Å². The molecule has 0 rings (SSSR count). The maximum Gasteiger partial charge on any atom is 0.0662 e. The molecule has 0 heterocycles. The molecule has 28 valence electrons. The van der Waals surface area contributed by atoms with Crippen LogP contribution in [0.15, 0.2) is 0 Å². The molecular weight excluding hydrogens is 69.9 g/mol. The molecule has 2 radical (unpaired) electrons. The quantitative estimate of drug-likeness (QED) is 0.362. The molecule has 0 fully saturated rings. The molecule has 0 aromatic heterocycles. The van der Waals surface area contributed by atoms with Crippen LogP contribution in [0.25, 0.3) is 0 Å². The first-order valence-electron chi connectivity index (χ1n) is 1.13. The van der Waals surface area contributed by atoms with Gasteiger partial charge in [-0.3, -0.25) is 0 Å². The molecule has 0 unspecified atom stereocenters. The molecule has 0 bridgehead atoms. The Balaban J connectivity index is -0.0000000450. The summed E-state index contributed by atoms with van der Waals surface area (Å²) in [5.74, 6) is 0. The van der Waals surface area contributed by atoms with Crippen molar-refractivity contribution in [1.29, 1.82) is 0 Å². The van der Waals surface area contributed by atoms with E-state index in [2.05, 4.69) is 0 Å². The Morgan fingerprint density at radius 3 is 1.00 bits per heavy atom. The molecule has 0 saturated heterocycles. The Morgan fingerprint density at radius 2 is 1.00 bits per heavy atom. The van der Waals surface area contributed by atoms with Crippen LogP contribution in [0.3, 0.4) is 0 Å². The third kappa shape index (κ3) is 19.4. The van der Waals surface area contributed by atoms with Gasteiger partial charge in [0.1, 0.15) is 0 Å². The Kier molecular flexibility index (Phi) is 43.2. The molecule has 0 aliphatic rings. The molecule has 2 nitrogen and oxygen atoms in total. The van der Waals surface area contributed by atoms with Gasteiger partial charge in [0.25, 0.3) is 0 Å². The summed E-state index contributed by atoms with van der Waals surface area (Å²) in [5.41, 5.74) is 0. The minimum absolute atomic E-state index is 0. The fourth-order valence-electron chi connectivity index (χ4n) is 0. The first-order valence-corrected chi connectivity index (χ1v) is 1.13. The predicted molar refractivity (Wildman–Crippen MR) is 25.7 cm³/mol. The van der Waals surface area contributed by atoms with Crippen LogP contribution in [0.5, 0.6) is 0 Å². The van der Waals surface area contributed by atoms with Gasteiger partial charge in [-0.2, -0.15) is 0 Å². The average Bonchev–Trinajstić information content (AvgIpc) is 1.37. The van der Waals surface area contributed by atoms with Crippen molar-refractivity contribution in [1.82, 2.24) is 0 Å². The fourth-order valence-corrected chi connectivity index (χ4v) is 0. The fraction of sp³-hybridized carbons (Fsp3) is 1.00. The van der Waals surface area contributed by atoms with Crippen molar-refractivity contribution in [2.45, 2.75) is 0 Å². The van der Waals surface area contributed by atoms with E-state index in [0.29, 0.717) is 0 Å². The van der Waals surface area contributed by atoms with Crippen LogP contribution in [0.4, 0.5) is 0 Å². The van der Waals surface area contributed by atoms with E-state index in [0.717, 1.165) is 0 Å². The molecule has 4 heteroatoms. The minimum atomic E-state index is -0.125. The largest absolute Gasteiger partial charge is 0.394 e. The summed E-state index contributed by atoms with van der Waals surface area (Å²) in [6, 6.07) is 0. The molecule has 0 aromatic carbocycles. The van der Waals surface area contributed by atoms with E-state index in [1.165, 1.54) is 0 Å². The van der Waals surface area contributed by atoms with Crippen molar-refractivity contribution < 1.29 is 10.2 Å². The maximum atomic E-state index is 7.62. The SMILES string of the molecule is OCCO.[Li].[Li]. The van der Waals surface area contributed by atoms with Gasteiger partial charge in [-0.1, -0.05) is 0 Å². The van der Waals surface area contributed by atoms with Crippen molar-refractivity contribution in [3.05, 3.63) is 0 Å². The number of aliphatic hydroxyl groups excluding tert-OH is 2. The Morgan fingerprint density at radius 1 is 0.833 bits per heavy atom. The Bertz CT molecular complexity index is 11.5. The van der Waals surface area contributed by atoms with E-state index in [1.807, 2.05) is 0 Å². The molecule has 0 aliphatic carbocycles. The maximum absolute atomic E-state index is 7.62. The van der Waals surface area contributed by atoms with Gasteiger partial charge in [0.15, 0.2) is 0 Å². The van der Waals surface area contributed by atoms with Crippen LogP contribution in [-0.2, 0) is 0 Å². The van der Waals surface area contributed by atoms with E-state index < -0.39 is 0 Å². The summed E-state index contributed by atoms with van der Waals surface area (Å²) in [5, 5.41) is 15.2. The van der Waals surface area contributed by atoms with E-state index >= 15 is 0 Å². The van der Waals surface area contributed by atoms with E-state index in [9.17, 15) is 0 Å². The number of hydrogen-bond acceptors (Lipinski definition) is 2. The Labute approximate surface area is 61.3 Å². The van der Waals surface area contributed by atoms with Gasteiger partial charge in [-0.15, -0.1) is 0 Å². The van der Waals surface area contributed by atoms with E-state index in [1.54, 1.807) is 0 Å². The van der Waals surface area contributed by atoms with Crippen LogP contribution >= 0.6 is 0 Å². The summed E-state index contributed by atoms with van der Waals surface area (Å²) in [6.45, 7) is -0.250. The third-order valence-corrected chi connectivity index (χ3v) is 0.1000. The minimum Gasteiger partial charge on any atom is -0.394 e. The van der Waals surface area contributed by atoms with Gasteiger partial charge in [0.05, 0.1) is 13.2 Å². The van der Waals surface area contributed by atoms with Crippen molar-refractivity contribution in [3.8, 4) is 0 Å². The first kappa shape index (κ1) is 15.7. The zero-order chi connectivity index (χ0) is 3.41. The summed E-state index contributed by atoms with van der Waals surface area (Å²) in [6.07, 6.45) is 0. The van der Waals surface area contributed by atoms with Crippen molar-refractivity contribution in [2.75, 3.05) is 13.2 Å². The van der Waals surface area contributed by atoms with Crippen LogP contribution < -0.4 is 0 Å². The van der Waals surface area contributed by atoms with E-state index in [-0.39, 0.29) is 50.9 Å². The van der Waals surface area contributed by atoms with Crippen molar-refractivity contribution >= 4 is 37.7 Å². The summed E-state index contributed by atoms with van der Waals surface area (Å²) < 4.78 is 0. The molecule has 0 spiro atoms.